The van der Waals surface area contributed by atoms with E-state index in [1.807, 2.05) is 60.7 Å². The van der Waals surface area contributed by atoms with Crippen molar-refractivity contribution in [3.63, 3.8) is 0 Å². The van der Waals surface area contributed by atoms with Gasteiger partial charge in [-0.2, -0.15) is 0 Å². The highest BCUT2D eigenvalue weighted by atomic mass is 19.1. The monoisotopic (exact) mass is 542 g/mol. The Bertz CT molecular complexity index is 1440. The maximum absolute atomic E-state index is 14.0. The average Bonchev–Trinajstić information content (AvgIpc) is 3.28. The van der Waals surface area contributed by atoms with Crippen LogP contribution in [0.2, 0.25) is 0 Å². The zero-order valence-electron chi connectivity index (χ0n) is 22.8. The molecule has 3 aromatic carbocycles. The molecule has 2 heterocycles. The van der Waals surface area contributed by atoms with Crippen LogP contribution in [0.15, 0.2) is 84.9 Å². The lowest BCUT2D eigenvalue weighted by molar-refractivity contribution is -0.160. The number of anilines is 1. The average molecular weight is 543 g/mol. The Balaban J connectivity index is 1.70. The molecule has 1 aliphatic rings. The van der Waals surface area contributed by atoms with Crippen LogP contribution < -0.4 is 5.32 Å². The van der Waals surface area contributed by atoms with Crippen LogP contribution in [0.4, 0.5) is 10.1 Å². The van der Waals surface area contributed by atoms with E-state index in [0.717, 1.165) is 39.3 Å². The smallest absolute Gasteiger partial charge is 0.308 e. The Morgan fingerprint density at radius 2 is 1.62 bits per heavy atom. The molecule has 3 N–H and O–H groups in total. The number of benzene rings is 3. The molecule has 5 rings (SSSR count). The van der Waals surface area contributed by atoms with Gasteiger partial charge in [0, 0.05) is 41.9 Å². The van der Waals surface area contributed by atoms with Crippen molar-refractivity contribution >= 4 is 11.7 Å². The minimum absolute atomic E-state index is 0.0117. The van der Waals surface area contributed by atoms with Crippen LogP contribution in [0, 0.1) is 5.82 Å². The molecule has 40 heavy (non-hydrogen) atoms. The molecular formula is C33H35FN2O4. The molecule has 1 aromatic heterocycles. The Morgan fingerprint density at radius 1 is 0.975 bits per heavy atom. The molecule has 1 saturated heterocycles. The number of nitrogens with zero attached hydrogens (tertiary/aromatic N) is 1. The number of para-hydroxylation sites is 1. The van der Waals surface area contributed by atoms with Crippen LogP contribution in [0.1, 0.15) is 56.5 Å². The number of aliphatic hydroxyl groups is 2. The summed E-state index contributed by atoms with van der Waals surface area (Å²) in [6.07, 6.45) is -1.30. The van der Waals surface area contributed by atoms with Gasteiger partial charge in [0.25, 0.3) is 0 Å². The molecule has 1 fully saturated rings. The van der Waals surface area contributed by atoms with Gasteiger partial charge in [-0.05, 0) is 53.4 Å². The highest BCUT2D eigenvalue weighted by molar-refractivity contribution is 5.86. The fourth-order valence-corrected chi connectivity index (χ4v) is 5.67. The van der Waals surface area contributed by atoms with E-state index in [2.05, 4.69) is 23.7 Å². The van der Waals surface area contributed by atoms with E-state index in [1.54, 1.807) is 12.1 Å². The van der Waals surface area contributed by atoms with Gasteiger partial charge in [0.2, 0.25) is 0 Å². The highest BCUT2D eigenvalue weighted by Gasteiger charge is 2.32. The Morgan fingerprint density at radius 3 is 2.25 bits per heavy atom. The van der Waals surface area contributed by atoms with Crippen LogP contribution in [0.3, 0.4) is 0 Å². The van der Waals surface area contributed by atoms with Crippen molar-refractivity contribution in [1.82, 2.24) is 4.57 Å². The summed E-state index contributed by atoms with van der Waals surface area (Å²) in [6.45, 7) is 4.64. The van der Waals surface area contributed by atoms with Gasteiger partial charge in [-0.25, -0.2) is 4.39 Å². The molecule has 1 aliphatic heterocycles. The topological polar surface area (TPSA) is 83.7 Å². The van der Waals surface area contributed by atoms with E-state index >= 15 is 0 Å². The SMILES string of the molecule is CC(C)c1c(C(O)Nc2ccccc2)c(-c2ccccc2)c(-c2ccc(F)cc2)n1CC[C@@H]1C[C@@H](O)CC(=O)O1. The first-order valence-corrected chi connectivity index (χ1v) is 13.8. The summed E-state index contributed by atoms with van der Waals surface area (Å²) >= 11 is 0. The number of hydrogen-bond acceptors (Lipinski definition) is 5. The summed E-state index contributed by atoms with van der Waals surface area (Å²) in [5.41, 5.74) is 5.88. The predicted molar refractivity (Wildman–Crippen MR) is 154 cm³/mol. The third kappa shape index (κ3) is 5.96. The number of nitrogens with one attached hydrogen (secondary N) is 1. The second kappa shape index (κ2) is 12.1. The van der Waals surface area contributed by atoms with Gasteiger partial charge < -0.3 is 24.8 Å². The van der Waals surface area contributed by atoms with Gasteiger partial charge >= 0.3 is 5.97 Å². The summed E-state index contributed by atoms with van der Waals surface area (Å²) < 4.78 is 21.8. The Labute approximate surface area is 234 Å². The number of carbonyl (C=O) groups excluding carboxylic acids is 1. The number of carbonyl (C=O) groups is 1. The number of halogens is 1. The van der Waals surface area contributed by atoms with Crippen molar-refractivity contribution in [2.75, 3.05) is 5.32 Å². The van der Waals surface area contributed by atoms with Crippen molar-refractivity contribution in [3.05, 3.63) is 102 Å². The van der Waals surface area contributed by atoms with Gasteiger partial charge in [-0.15, -0.1) is 0 Å². The summed E-state index contributed by atoms with van der Waals surface area (Å²) in [4.78, 5) is 12.0. The number of rotatable bonds is 9. The lowest BCUT2D eigenvalue weighted by atomic mass is 9.94. The molecule has 7 heteroatoms. The second-order valence-electron chi connectivity index (χ2n) is 10.6. The van der Waals surface area contributed by atoms with E-state index in [0.29, 0.717) is 19.4 Å². The summed E-state index contributed by atoms with van der Waals surface area (Å²) in [6, 6.07) is 25.8. The van der Waals surface area contributed by atoms with Gasteiger partial charge in [0.1, 0.15) is 11.9 Å². The zero-order chi connectivity index (χ0) is 28.2. The largest absolute Gasteiger partial charge is 0.462 e. The van der Waals surface area contributed by atoms with Gasteiger partial charge in [0.15, 0.2) is 6.23 Å². The van der Waals surface area contributed by atoms with Gasteiger partial charge in [-0.3, -0.25) is 4.79 Å². The molecule has 3 atom stereocenters. The number of aliphatic hydroxyl groups excluding tert-OH is 2. The van der Waals surface area contributed by atoms with Crippen molar-refractivity contribution in [1.29, 1.82) is 0 Å². The van der Waals surface area contributed by atoms with E-state index < -0.39 is 24.4 Å². The third-order valence-electron chi connectivity index (χ3n) is 7.33. The van der Waals surface area contributed by atoms with Crippen LogP contribution in [0.25, 0.3) is 22.4 Å². The maximum atomic E-state index is 14.0. The molecule has 1 unspecified atom stereocenters. The van der Waals surface area contributed by atoms with E-state index in [4.69, 9.17) is 4.74 Å². The molecule has 4 aromatic rings. The third-order valence-corrected chi connectivity index (χ3v) is 7.33. The first kappa shape index (κ1) is 27.6. The van der Waals surface area contributed by atoms with Gasteiger partial charge in [-0.1, -0.05) is 62.4 Å². The van der Waals surface area contributed by atoms with E-state index in [9.17, 15) is 19.4 Å². The maximum Gasteiger partial charge on any atom is 0.308 e. The molecule has 0 aliphatic carbocycles. The van der Waals surface area contributed by atoms with Crippen LogP contribution >= 0.6 is 0 Å². The molecule has 208 valence electrons. The second-order valence-corrected chi connectivity index (χ2v) is 10.6. The van der Waals surface area contributed by atoms with Crippen molar-refractivity contribution < 1.29 is 24.1 Å². The molecule has 0 bridgehead atoms. The molecule has 0 amide bonds. The fourth-order valence-electron chi connectivity index (χ4n) is 5.67. The highest BCUT2D eigenvalue weighted by Crippen LogP contribution is 2.45. The van der Waals surface area contributed by atoms with Crippen LogP contribution in [-0.2, 0) is 16.1 Å². The molecule has 6 nitrogen and oxygen atoms in total. The van der Waals surface area contributed by atoms with Crippen LogP contribution in [-0.4, -0.2) is 33.0 Å². The van der Waals surface area contributed by atoms with Gasteiger partial charge in [0.05, 0.1) is 18.2 Å². The van der Waals surface area contributed by atoms with Crippen molar-refractivity contribution in [2.24, 2.45) is 0 Å². The quantitative estimate of drug-likeness (QED) is 0.163. The number of hydrogen-bond donors (Lipinski definition) is 3. The Kier molecular flexibility index (Phi) is 8.33. The lowest BCUT2D eigenvalue weighted by Gasteiger charge is -2.27. The summed E-state index contributed by atoms with van der Waals surface area (Å²) in [5, 5.41) is 25.2. The van der Waals surface area contributed by atoms with Crippen molar-refractivity contribution in [3.8, 4) is 22.4 Å². The number of cyclic esters (lactones) is 1. The first-order valence-electron chi connectivity index (χ1n) is 13.8. The zero-order valence-corrected chi connectivity index (χ0v) is 22.8. The minimum atomic E-state index is -1.04. The first-order chi connectivity index (χ1) is 19.3. The number of esters is 1. The lowest BCUT2D eigenvalue weighted by Crippen LogP contribution is -2.33. The predicted octanol–water partition coefficient (Wildman–Crippen LogP) is 6.64. The van der Waals surface area contributed by atoms with E-state index in [-0.39, 0.29) is 18.2 Å². The Hall–Kier alpha value is -3.94. The minimum Gasteiger partial charge on any atom is -0.462 e. The molecule has 0 spiro atoms. The molecule has 0 saturated carbocycles. The summed E-state index contributed by atoms with van der Waals surface area (Å²) in [7, 11) is 0. The summed E-state index contributed by atoms with van der Waals surface area (Å²) in [5.74, 6) is -0.716. The normalized spacial score (nSPS) is 18.0. The van der Waals surface area contributed by atoms with Crippen LogP contribution in [0.5, 0.6) is 0 Å². The molecular weight excluding hydrogens is 507 g/mol. The number of ether oxygens (including phenoxy) is 1. The standard InChI is InChI=1S/C33H35FN2O4/c1-21(2)31-30(33(39)35-25-11-7-4-8-12-25)29(22-9-5-3-6-10-22)32(23-13-15-24(34)16-14-23)36(31)18-17-27-19-26(37)20-28(38)40-27/h3-16,21,26-27,33,35,37,39H,17-20H2,1-2H3/t26-,27-,33?/m1/s1. The fraction of sp³-hybridized carbons (Fsp3) is 0.303. The number of aromatic nitrogens is 1. The van der Waals surface area contributed by atoms with Crippen molar-refractivity contribution in [2.45, 2.75) is 64.0 Å². The molecule has 0 radical (unpaired) electrons. The van der Waals surface area contributed by atoms with E-state index in [1.165, 1.54) is 12.1 Å².